The van der Waals surface area contributed by atoms with Gasteiger partial charge in [-0.25, -0.2) is 4.79 Å². The van der Waals surface area contributed by atoms with Crippen LogP contribution in [0.3, 0.4) is 0 Å². The van der Waals surface area contributed by atoms with Crippen LogP contribution >= 0.6 is 0 Å². The molecule has 1 heterocycles. The van der Waals surface area contributed by atoms with Crippen LogP contribution in [0.5, 0.6) is 0 Å². The molecular weight excluding hydrogens is 242 g/mol. The average molecular weight is 265 g/mol. The Morgan fingerprint density at radius 3 is 2.74 bits per heavy atom. The highest BCUT2D eigenvalue weighted by atomic mass is 16.6. The number of anilines is 1. The fourth-order valence-electron chi connectivity index (χ4n) is 1.47. The molecule has 0 radical (unpaired) electrons. The average Bonchev–Trinajstić information content (AvgIpc) is 2.28. The minimum atomic E-state index is -0.449. The maximum Gasteiger partial charge on any atom is 0.407 e. The number of alkyl carbamates (subject to hydrolysis) is 1. The van der Waals surface area contributed by atoms with Crippen LogP contribution in [0.2, 0.25) is 0 Å². The second kappa shape index (κ2) is 6.97. The summed E-state index contributed by atoms with van der Waals surface area (Å²) < 4.78 is 5.14. The highest BCUT2D eigenvalue weighted by Crippen LogP contribution is 2.10. The van der Waals surface area contributed by atoms with Crippen LogP contribution < -0.4 is 10.6 Å². The van der Waals surface area contributed by atoms with Gasteiger partial charge in [-0.2, -0.15) is 0 Å². The van der Waals surface area contributed by atoms with Crippen molar-refractivity contribution in [1.82, 2.24) is 10.3 Å². The van der Waals surface area contributed by atoms with Gasteiger partial charge < -0.3 is 15.4 Å². The quantitative estimate of drug-likeness (QED) is 0.803. The van der Waals surface area contributed by atoms with Gasteiger partial charge in [0.25, 0.3) is 0 Å². The number of nitrogens with one attached hydrogen (secondary N) is 2. The van der Waals surface area contributed by atoms with E-state index in [-0.39, 0.29) is 6.09 Å². The maximum atomic E-state index is 11.4. The second-order valence-corrected chi connectivity index (χ2v) is 5.40. The van der Waals surface area contributed by atoms with Crippen LogP contribution in [0.15, 0.2) is 18.5 Å². The summed E-state index contributed by atoms with van der Waals surface area (Å²) in [6.07, 6.45) is 4.03. The molecule has 2 N–H and O–H groups in total. The van der Waals surface area contributed by atoms with Crippen molar-refractivity contribution >= 4 is 11.8 Å². The molecule has 5 heteroatoms. The molecule has 0 fully saturated rings. The summed E-state index contributed by atoms with van der Waals surface area (Å²) in [6.45, 7) is 8.93. The van der Waals surface area contributed by atoms with Crippen molar-refractivity contribution in [2.24, 2.45) is 0 Å². The minimum absolute atomic E-state index is 0.370. The summed E-state index contributed by atoms with van der Waals surface area (Å²) in [5.41, 5.74) is 1.74. The summed E-state index contributed by atoms with van der Waals surface area (Å²) in [4.78, 5) is 15.4. The third kappa shape index (κ3) is 6.64. The van der Waals surface area contributed by atoms with E-state index >= 15 is 0 Å². The molecule has 0 aromatic carbocycles. The van der Waals surface area contributed by atoms with Gasteiger partial charge >= 0.3 is 6.09 Å². The van der Waals surface area contributed by atoms with Crippen molar-refractivity contribution < 1.29 is 9.53 Å². The van der Waals surface area contributed by atoms with E-state index in [4.69, 9.17) is 4.74 Å². The van der Waals surface area contributed by atoms with E-state index < -0.39 is 5.60 Å². The van der Waals surface area contributed by atoms with Gasteiger partial charge in [-0.3, -0.25) is 4.98 Å². The Hall–Kier alpha value is -1.78. The predicted octanol–water partition coefficient (Wildman–Crippen LogP) is 2.72. The van der Waals surface area contributed by atoms with E-state index in [1.54, 1.807) is 12.4 Å². The molecule has 0 aliphatic rings. The van der Waals surface area contributed by atoms with Gasteiger partial charge in [0.1, 0.15) is 5.60 Å². The summed E-state index contributed by atoms with van der Waals surface area (Å²) in [5.74, 6) is 0. The molecule has 5 nitrogen and oxygen atoms in total. The maximum absolute atomic E-state index is 11.4. The normalized spacial score (nSPS) is 10.9. The molecule has 1 amide bonds. The molecule has 0 spiro atoms. The summed E-state index contributed by atoms with van der Waals surface area (Å²) in [6, 6.07) is 1.96. The van der Waals surface area contributed by atoms with Gasteiger partial charge in [0, 0.05) is 19.3 Å². The summed E-state index contributed by atoms with van der Waals surface area (Å²) in [5, 5.41) is 6.00. The largest absolute Gasteiger partial charge is 0.444 e. The highest BCUT2D eigenvalue weighted by Gasteiger charge is 2.15. The van der Waals surface area contributed by atoms with E-state index in [1.807, 2.05) is 33.8 Å². The minimum Gasteiger partial charge on any atom is -0.444 e. The van der Waals surface area contributed by atoms with Crippen LogP contribution in [-0.4, -0.2) is 29.8 Å². The number of aryl methyl sites for hydroxylation is 1. The number of rotatable bonds is 5. The van der Waals surface area contributed by atoms with E-state index in [9.17, 15) is 4.79 Å². The number of hydrogen-bond donors (Lipinski definition) is 2. The smallest absolute Gasteiger partial charge is 0.407 e. The fourth-order valence-corrected chi connectivity index (χ4v) is 1.47. The standard InChI is InChI=1S/C14H23N3O2/c1-11-6-9-15-10-12(11)16-7-5-8-17-13(18)19-14(2,3)4/h6,9-10,16H,5,7-8H2,1-4H3,(H,17,18). The lowest BCUT2D eigenvalue weighted by atomic mass is 10.2. The zero-order valence-electron chi connectivity index (χ0n) is 12.1. The number of hydrogen-bond acceptors (Lipinski definition) is 4. The Balaban J connectivity index is 2.15. The fraction of sp³-hybridized carbons (Fsp3) is 0.571. The lowest BCUT2D eigenvalue weighted by molar-refractivity contribution is 0.0528. The van der Waals surface area contributed by atoms with E-state index in [0.717, 1.165) is 24.2 Å². The number of pyridine rings is 1. The van der Waals surface area contributed by atoms with E-state index in [0.29, 0.717) is 6.54 Å². The van der Waals surface area contributed by atoms with Crippen LogP contribution in [-0.2, 0) is 4.74 Å². The summed E-state index contributed by atoms with van der Waals surface area (Å²) >= 11 is 0. The number of ether oxygens (including phenoxy) is 1. The van der Waals surface area contributed by atoms with Gasteiger partial charge in [-0.05, 0) is 45.7 Å². The Labute approximate surface area is 114 Å². The Kier molecular flexibility index (Phi) is 5.60. The lowest BCUT2D eigenvalue weighted by Gasteiger charge is -2.19. The first-order chi connectivity index (χ1) is 8.88. The zero-order valence-corrected chi connectivity index (χ0v) is 12.1. The molecule has 0 aliphatic heterocycles. The Morgan fingerprint density at radius 1 is 1.37 bits per heavy atom. The second-order valence-electron chi connectivity index (χ2n) is 5.40. The first-order valence-electron chi connectivity index (χ1n) is 6.50. The molecule has 1 rings (SSSR count). The Morgan fingerprint density at radius 2 is 2.11 bits per heavy atom. The number of amides is 1. The van der Waals surface area contributed by atoms with Crippen molar-refractivity contribution in [2.45, 2.75) is 39.7 Å². The first-order valence-corrected chi connectivity index (χ1v) is 6.50. The van der Waals surface area contributed by atoms with Crippen molar-refractivity contribution in [2.75, 3.05) is 18.4 Å². The topological polar surface area (TPSA) is 63.2 Å². The van der Waals surface area contributed by atoms with Gasteiger partial charge in [0.2, 0.25) is 0 Å². The first kappa shape index (κ1) is 15.3. The SMILES string of the molecule is Cc1ccncc1NCCCNC(=O)OC(C)(C)C. The lowest BCUT2D eigenvalue weighted by Crippen LogP contribution is -2.33. The predicted molar refractivity (Wildman–Crippen MR) is 76.3 cm³/mol. The molecule has 19 heavy (non-hydrogen) atoms. The highest BCUT2D eigenvalue weighted by molar-refractivity contribution is 5.67. The van der Waals surface area contributed by atoms with Crippen LogP contribution in [0.25, 0.3) is 0 Å². The molecule has 0 bridgehead atoms. The molecular formula is C14H23N3O2. The van der Waals surface area contributed by atoms with Crippen LogP contribution in [0, 0.1) is 6.92 Å². The van der Waals surface area contributed by atoms with Gasteiger partial charge in [-0.15, -0.1) is 0 Å². The third-order valence-electron chi connectivity index (χ3n) is 2.38. The zero-order chi connectivity index (χ0) is 14.3. The van der Waals surface area contributed by atoms with Gasteiger partial charge in [0.05, 0.1) is 11.9 Å². The van der Waals surface area contributed by atoms with Crippen LogP contribution in [0.1, 0.15) is 32.8 Å². The molecule has 0 unspecified atom stereocenters. The van der Waals surface area contributed by atoms with Gasteiger partial charge in [-0.1, -0.05) is 0 Å². The van der Waals surface area contributed by atoms with Crippen molar-refractivity contribution in [3.8, 4) is 0 Å². The molecule has 0 saturated carbocycles. The number of aromatic nitrogens is 1. The third-order valence-corrected chi connectivity index (χ3v) is 2.38. The molecule has 106 valence electrons. The van der Waals surface area contributed by atoms with E-state index in [1.165, 1.54) is 0 Å². The van der Waals surface area contributed by atoms with E-state index in [2.05, 4.69) is 15.6 Å². The monoisotopic (exact) mass is 265 g/mol. The molecule has 0 atom stereocenters. The van der Waals surface area contributed by atoms with Crippen LogP contribution in [0.4, 0.5) is 10.5 Å². The molecule has 0 saturated heterocycles. The molecule has 1 aromatic heterocycles. The van der Waals surface area contributed by atoms with Gasteiger partial charge in [0.15, 0.2) is 0 Å². The number of carbonyl (C=O) groups is 1. The molecule has 1 aromatic rings. The van der Waals surface area contributed by atoms with Crippen molar-refractivity contribution in [1.29, 1.82) is 0 Å². The summed E-state index contributed by atoms with van der Waals surface area (Å²) in [7, 11) is 0. The number of carbonyl (C=O) groups excluding carboxylic acids is 1. The Bertz CT molecular complexity index is 413. The molecule has 0 aliphatic carbocycles. The number of nitrogens with zero attached hydrogens (tertiary/aromatic N) is 1. The van der Waals surface area contributed by atoms with Crippen molar-refractivity contribution in [3.05, 3.63) is 24.0 Å². The van der Waals surface area contributed by atoms with Crippen molar-refractivity contribution in [3.63, 3.8) is 0 Å².